The summed E-state index contributed by atoms with van der Waals surface area (Å²) < 4.78 is 11.2. The number of nitrogens with zero attached hydrogens (tertiary/aromatic N) is 2. The van der Waals surface area contributed by atoms with Gasteiger partial charge in [-0.2, -0.15) is 0 Å². The van der Waals surface area contributed by atoms with E-state index in [-0.39, 0.29) is 6.54 Å². The molecule has 0 amide bonds. The minimum absolute atomic E-state index is 0.124. The van der Waals surface area contributed by atoms with Crippen LogP contribution in [0.5, 0.6) is 11.5 Å². The molecule has 0 radical (unpaired) electrons. The predicted molar refractivity (Wildman–Crippen MR) is 95.6 cm³/mol. The molecule has 1 fully saturated rings. The second-order valence-electron chi connectivity index (χ2n) is 6.57. The average molecular weight is 369 g/mol. The Morgan fingerprint density at radius 1 is 1.32 bits per heavy atom. The van der Waals surface area contributed by atoms with Crippen LogP contribution in [0.4, 0.5) is 0 Å². The Labute approximate surface area is 153 Å². The van der Waals surface area contributed by atoms with Gasteiger partial charge < -0.3 is 14.6 Å². The van der Waals surface area contributed by atoms with Crippen LogP contribution in [-0.2, 0) is 11.3 Å². The third-order valence-electron chi connectivity index (χ3n) is 4.88. The second-order valence-corrected chi connectivity index (χ2v) is 6.97. The molecule has 1 saturated heterocycles. The summed E-state index contributed by atoms with van der Waals surface area (Å²) in [6.45, 7) is 6.71. The molecule has 138 valence electrons. The third kappa shape index (κ3) is 4.57. The van der Waals surface area contributed by atoms with Gasteiger partial charge in [0.2, 0.25) is 0 Å². The quantitative estimate of drug-likeness (QED) is 0.832. The summed E-state index contributed by atoms with van der Waals surface area (Å²) in [6, 6.07) is 4.31. The summed E-state index contributed by atoms with van der Waals surface area (Å²) in [6.07, 6.45) is 1.97. The highest BCUT2D eigenvalue weighted by Gasteiger charge is 2.25. The molecule has 0 unspecified atom stereocenters. The van der Waals surface area contributed by atoms with Gasteiger partial charge in [-0.3, -0.25) is 14.6 Å². The number of carbonyl (C=O) groups is 1. The van der Waals surface area contributed by atoms with Gasteiger partial charge in [-0.15, -0.1) is 0 Å². The Kier molecular flexibility index (Phi) is 6.04. The Morgan fingerprint density at radius 3 is 2.72 bits per heavy atom. The van der Waals surface area contributed by atoms with E-state index in [9.17, 15) is 4.79 Å². The zero-order valence-corrected chi connectivity index (χ0v) is 15.3. The van der Waals surface area contributed by atoms with Crippen molar-refractivity contribution in [2.75, 3.05) is 39.4 Å². The van der Waals surface area contributed by atoms with E-state index in [4.69, 9.17) is 26.2 Å². The number of fused-ring (bicyclic) bond motifs is 1. The van der Waals surface area contributed by atoms with Crippen LogP contribution in [0.1, 0.15) is 25.3 Å². The topological polar surface area (TPSA) is 62.2 Å². The van der Waals surface area contributed by atoms with Crippen molar-refractivity contribution < 1.29 is 19.4 Å². The lowest BCUT2D eigenvalue weighted by molar-refractivity contribution is -0.139. The van der Waals surface area contributed by atoms with Gasteiger partial charge in [-0.05, 0) is 50.2 Å². The number of benzene rings is 1. The standard InChI is InChI=1S/C18H25ClN2O4/c1-2-21(12-17(22)23)14-3-5-20(6-4-14)11-13-9-15(19)18-16(10-13)24-7-8-25-18/h9-10,14H,2-8,11-12H2,1H3,(H,22,23). The van der Waals surface area contributed by atoms with Crippen LogP contribution in [0.15, 0.2) is 12.1 Å². The molecule has 1 aromatic rings. The van der Waals surface area contributed by atoms with Gasteiger partial charge >= 0.3 is 5.97 Å². The molecule has 0 aliphatic carbocycles. The van der Waals surface area contributed by atoms with Gasteiger partial charge in [0.05, 0.1) is 11.6 Å². The number of rotatable bonds is 6. The second kappa shape index (κ2) is 8.25. The molecule has 2 aliphatic heterocycles. The Hall–Kier alpha value is -1.50. The van der Waals surface area contributed by atoms with Crippen molar-refractivity contribution in [3.8, 4) is 11.5 Å². The minimum atomic E-state index is -0.754. The first-order valence-electron chi connectivity index (χ1n) is 8.83. The summed E-state index contributed by atoms with van der Waals surface area (Å²) >= 11 is 6.31. The maximum absolute atomic E-state index is 11.0. The summed E-state index contributed by atoms with van der Waals surface area (Å²) in [5.41, 5.74) is 1.12. The number of hydrogen-bond acceptors (Lipinski definition) is 5. The van der Waals surface area contributed by atoms with Crippen molar-refractivity contribution in [3.05, 3.63) is 22.7 Å². The number of carboxylic acids is 1. The van der Waals surface area contributed by atoms with Crippen LogP contribution < -0.4 is 9.47 Å². The van der Waals surface area contributed by atoms with Crippen LogP contribution in [0.2, 0.25) is 5.02 Å². The molecule has 1 N–H and O–H groups in total. The normalized spacial score (nSPS) is 18.5. The molecular weight excluding hydrogens is 344 g/mol. The largest absolute Gasteiger partial charge is 0.486 e. The van der Waals surface area contributed by atoms with Gasteiger partial charge in [0.15, 0.2) is 11.5 Å². The van der Waals surface area contributed by atoms with Crippen LogP contribution in [0.25, 0.3) is 0 Å². The van der Waals surface area contributed by atoms with Crippen LogP contribution in [-0.4, -0.2) is 66.3 Å². The zero-order chi connectivity index (χ0) is 17.8. The number of aliphatic carboxylic acids is 1. The fourth-order valence-electron chi connectivity index (χ4n) is 3.63. The van der Waals surface area contributed by atoms with Crippen LogP contribution in [0, 0.1) is 0 Å². The lowest BCUT2D eigenvalue weighted by Gasteiger charge is -2.37. The molecular formula is C18H25ClN2O4. The molecule has 0 saturated carbocycles. The van der Waals surface area contributed by atoms with Crippen molar-refractivity contribution in [3.63, 3.8) is 0 Å². The van der Waals surface area contributed by atoms with E-state index in [0.29, 0.717) is 30.0 Å². The van der Waals surface area contributed by atoms with Crippen molar-refractivity contribution in [1.29, 1.82) is 0 Å². The van der Waals surface area contributed by atoms with Crippen LogP contribution >= 0.6 is 11.6 Å². The lowest BCUT2D eigenvalue weighted by atomic mass is 10.0. The van der Waals surface area contributed by atoms with Gasteiger partial charge in [-0.1, -0.05) is 18.5 Å². The van der Waals surface area contributed by atoms with E-state index in [0.717, 1.165) is 50.3 Å². The van der Waals surface area contributed by atoms with E-state index in [1.165, 1.54) is 0 Å². The number of halogens is 1. The van der Waals surface area contributed by atoms with Crippen molar-refractivity contribution in [2.24, 2.45) is 0 Å². The average Bonchev–Trinajstić information content (AvgIpc) is 2.60. The lowest BCUT2D eigenvalue weighted by Crippen LogP contribution is -2.46. The monoisotopic (exact) mass is 368 g/mol. The molecule has 2 heterocycles. The summed E-state index contributed by atoms with van der Waals surface area (Å²) in [5, 5.41) is 9.63. The highest BCUT2D eigenvalue weighted by molar-refractivity contribution is 6.32. The van der Waals surface area contributed by atoms with Crippen LogP contribution in [0.3, 0.4) is 0 Å². The molecule has 0 bridgehead atoms. The van der Waals surface area contributed by atoms with Gasteiger partial charge in [-0.25, -0.2) is 0 Å². The summed E-state index contributed by atoms with van der Waals surface area (Å²) in [7, 11) is 0. The van der Waals surface area contributed by atoms with E-state index in [2.05, 4.69) is 9.80 Å². The van der Waals surface area contributed by atoms with Crippen molar-refractivity contribution >= 4 is 17.6 Å². The first kappa shape index (κ1) is 18.3. The molecule has 3 rings (SSSR count). The Balaban J connectivity index is 1.57. The maximum Gasteiger partial charge on any atom is 0.317 e. The fraction of sp³-hybridized carbons (Fsp3) is 0.611. The fourth-order valence-corrected chi connectivity index (χ4v) is 3.92. The highest BCUT2D eigenvalue weighted by Crippen LogP contribution is 2.38. The molecule has 25 heavy (non-hydrogen) atoms. The number of ether oxygens (including phenoxy) is 2. The molecule has 0 spiro atoms. The third-order valence-corrected chi connectivity index (χ3v) is 5.16. The first-order valence-corrected chi connectivity index (χ1v) is 9.21. The van der Waals surface area contributed by atoms with Gasteiger partial charge in [0.25, 0.3) is 0 Å². The number of likely N-dealkylation sites (tertiary alicyclic amines) is 1. The first-order chi connectivity index (χ1) is 12.1. The molecule has 2 aliphatic rings. The van der Waals surface area contributed by atoms with Crippen molar-refractivity contribution in [2.45, 2.75) is 32.4 Å². The number of likely N-dealkylation sites (N-methyl/N-ethyl adjacent to an activating group) is 1. The summed E-state index contributed by atoms with van der Waals surface area (Å²) in [5.74, 6) is 0.611. The van der Waals surface area contributed by atoms with E-state index in [1.807, 2.05) is 19.1 Å². The highest BCUT2D eigenvalue weighted by atomic mass is 35.5. The van der Waals surface area contributed by atoms with E-state index >= 15 is 0 Å². The SMILES string of the molecule is CCN(CC(=O)O)C1CCN(Cc2cc(Cl)c3c(c2)OCCO3)CC1. The Bertz CT molecular complexity index is 617. The summed E-state index contributed by atoms with van der Waals surface area (Å²) in [4.78, 5) is 15.4. The molecule has 1 aromatic carbocycles. The smallest absolute Gasteiger partial charge is 0.317 e. The number of hydrogen-bond donors (Lipinski definition) is 1. The predicted octanol–water partition coefficient (Wildman–Crippen LogP) is 2.48. The number of piperidine rings is 1. The van der Waals surface area contributed by atoms with Crippen molar-refractivity contribution in [1.82, 2.24) is 9.80 Å². The minimum Gasteiger partial charge on any atom is -0.486 e. The molecule has 6 nitrogen and oxygen atoms in total. The molecule has 0 atom stereocenters. The van der Waals surface area contributed by atoms with E-state index < -0.39 is 5.97 Å². The van der Waals surface area contributed by atoms with E-state index in [1.54, 1.807) is 0 Å². The van der Waals surface area contributed by atoms with Gasteiger partial charge in [0, 0.05) is 12.6 Å². The maximum atomic E-state index is 11.0. The molecule has 7 heteroatoms. The molecule has 0 aromatic heterocycles. The zero-order valence-electron chi connectivity index (χ0n) is 14.5. The Morgan fingerprint density at radius 2 is 2.04 bits per heavy atom. The van der Waals surface area contributed by atoms with Gasteiger partial charge in [0.1, 0.15) is 13.2 Å². The number of carboxylic acid groups (broad SMARTS) is 1.